The number of carboxylic acids is 1. The van der Waals surface area contributed by atoms with E-state index in [2.05, 4.69) is 0 Å². The fourth-order valence-electron chi connectivity index (χ4n) is 0.605. The van der Waals surface area contributed by atoms with Crippen molar-refractivity contribution in [2.75, 3.05) is 0 Å². The molecule has 0 heterocycles. The van der Waals surface area contributed by atoms with E-state index in [1.807, 2.05) is 0 Å². The van der Waals surface area contributed by atoms with Crippen LogP contribution in [-0.4, -0.2) is 39.1 Å². The van der Waals surface area contributed by atoms with Gasteiger partial charge in [0.1, 0.15) is 0 Å². The van der Waals surface area contributed by atoms with Crippen LogP contribution in [0.5, 0.6) is 0 Å². The second-order valence-electron chi connectivity index (χ2n) is 2.14. The summed E-state index contributed by atoms with van der Waals surface area (Å²) in [5.74, 6) is -1.11. The van der Waals surface area contributed by atoms with Crippen LogP contribution in [0.4, 0.5) is 0 Å². The summed E-state index contributed by atoms with van der Waals surface area (Å²) in [4.78, 5) is 10.0. The van der Waals surface area contributed by atoms with Gasteiger partial charge in [0, 0.05) is 0 Å². The minimum atomic E-state index is -1.15. The van der Waals surface area contributed by atoms with Crippen molar-refractivity contribution >= 4 is 22.8 Å². The van der Waals surface area contributed by atoms with Gasteiger partial charge in [0.2, 0.25) is 0 Å². The molecule has 0 aliphatic rings. The molecule has 60 valence electrons. The van der Waals surface area contributed by atoms with Crippen LogP contribution in [0.1, 0.15) is 19.3 Å². The number of carboxylic acid groups (broad SMARTS) is 1. The average molecular weight is 208 g/mol. The number of rotatable bonds is 5. The number of hydrogen-bond acceptors (Lipinski definition) is 2. The van der Waals surface area contributed by atoms with E-state index in [0.717, 1.165) is 18.1 Å². The van der Waals surface area contributed by atoms with E-state index in [1.54, 1.807) is 16.9 Å². The Morgan fingerprint density at radius 1 is 1.50 bits per heavy atom. The summed E-state index contributed by atoms with van der Waals surface area (Å²) < 4.78 is 0. The molecule has 0 bridgehead atoms. The molecule has 0 spiro atoms. The van der Waals surface area contributed by atoms with Gasteiger partial charge in [-0.15, -0.1) is 0 Å². The topological polar surface area (TPSA) is 57.5 Å². The Balaban J connectivity index is 3.21. The Hall–Kier alpha value is -0.0116. The third-order valence-corrected chi connectivity index (χ3v) is 2.07. The first kappa shape index (κ1) is 9.99. The van der Waals surface area contributed by atoms with Gasteiger partial charge < -0.3 is 0 Å². The minimum absolute atomic E-state index is 0.388. The van der Waals surface area contributed by atoms with Gasteiger partial charge in [0.15, 0.2) is 0 Å². The molecule has 2 atom stereocenters. The summed E-state index contributed by atoms with van der Waals surface area (Å²) in [6.45, 7) is 0. The molecule has 0 radical (unpaired) electrons. The molecule has 0 rings (SSSR count). The molecule has 0 aliphatic heterocycles. The zero-order valence-electron chi connectivity index (χ0n) is 5.79. The van der Waals surface area contributed by atoms with Crippen molar-refractivity contribution in [3.8, 4) is 0 Å². The molecule has 0 amide bonds. The number of aliphatic hydroxyl groups is 1. The first-order chi connectivity index (χ1) is 4.68. The molecule has 0 aromatic heterocycles. The third-order valence-electron chi connectivity index (χ3n) is 1.22. The molecular formula is C6H13AsO3. The Morgan fingerprint density at radius 2 is 2.10 bits per heavy atom. The summed E-state index contributed by atoms with van der Waals surface area (Å²) in [5, 5.41) is 18.1. The van der Waals surface area contributed by atoms with Gasteiger partial charge in [0.25, 0.3) is 0 Å². The summed E-state index contributed by atoms with van der Waals surface area (Å²) in [7, 11) is 0. The molecule has 0 fully saturated rings. The van der Waals surface area contributed by atoms with Crippen LogP contribution in [0.2, 0.25) is 5.21 Å². The van der Waals surface area contributed by atoms with Crippen LogP contribution >= 0.6 is 0 Å². The summed E-state index contributed by atoms with van der Waals surface area (Å²) >= 11 is 1.64. The van der Waals surface area contributed by atoms with Crippen LogP contribution < -0.4 is 0 Å². The maximum absolute atomic E-state index is 10.0. The number of unbranched alkanes of at least 4 members (excludes halogenated alkanes) is 1. The van der Waals surface area contributed by atoms with E-state index in [-0.39, 0.29) is 0 Å². The molecule has 3 nitrogen and oxygen atoms in total. The predicted octanol–water partition coefficient (Wildman–Crippen LogP) is -0.346. The molecule has 0 aromatic carbocycles. The van der Waals surface area contributed by atoms with E-state index < -0.39 is 12.1 Å². The fourth-order valence-corrected chi connectivity index (χ4v) is 1.21. The quantitative estimate of drug-likeness (QED) is 0.479. The second-order valence-corrected chi connectivity index (χ2v) is 3.35. The average Bonchev–Trinajstić information content (AvgIpc) is 1.88. The van der Waals surface area contributed by atoms with Crippen LogP contribution in [0.3, 0.4) is 0 Å². The van der Waals surface area contributed by atoms with Crippen molar-refractivity contribution in [2.24, 2.45) is 0 Å². The monoisotopic (exact) mass is 208 g/mol. The van der Waals surface area contributed by atoms with Crippen LogP contribution in [0.25, 0.3) is 0 Å². The number of aliphatic hydroxyl groups excluding tert-OH is 1. The zero-order valence-corrected chi connectivity index (χ0v) is 8.21. The zero-order chi connectivity index (χ0) is 7.98. The van der Waals surface area contributed by atoms with Crippen LogP contribution in [0, 0.1) is 0 Å². The van der Waals surface area contributed by atoms with Crippen molar-refractivity contribution in [3.05, 3.63) is 0 Å². The van der Waals surface area contributed by atoms with Crippen molar-refractivity contribution < 1.29 is 15.0 Å². The fraction of sp³-hybridized carbons (Fsp3) is 0.833. The van der Waals surface area contributed by atoms with E-state index in [4.69, 9.17) is 10.2 Å². The van der Waals surface area contributed by atoms with Crippen molar-refractivity contribution in [1.29, 1.82) is 0 Å². The Morgan fingerprint density at radius 3 is 2.50 bits per heavy atom. The Labute approximate surface area is 68.9 Å². The van der Waals surface area contributed by atoms with Crippen LogP contribution in [0.15, 0.2) is 0 Å². The maximum atomic E-state index is 10.0. The van der Waals surface area contributed by atoms with Crippen molar-refractivity contribution in [2.45, 2.75) is 30.6 Å². The Bertz CT molecular complexity index is 105. The van der Waals surface area contributed by atoms with E-state index in [9.17, 15) is 4.79 Å². The molecule has 2 N–H and O–H groups in total. The van der Waals surface area contributed by atoms with Gasteiger partial charge in [-0.1, -0.05) is 0 Å². The van der Waals surface area contributed by atoms with Gasteiger partial charge in [0.05, 0.1) is 0 Å². The van der Waals surface area contributed by atoms with Crippen LogP contribution in [-0.2, 0) is 4.79 Å². The standard InChI is InChI=1S/C6H13AsO3/c7-4-2-1-3-5(8)6(9)10/h5,8H,1-4,7H2,(H,9,10). The molecule has 0 saturated heterocycles. The van der Waals surface area contributed by atoms with Gasteiger partial charge in [-0.25, -0.2) is 0 Å². The van der Waals surface area contributed by atoms with E-state index >= 15 is 0 Å². The molecule has 0 aromatic rings. The SMILES string of the molecule is O=C(O)C(O)CCCC[AsH2]. The summed E-state index contributed by atoms with van der Waals surface area (Å²) in [6, 6.07) is 0. The molecule has 4 heteroatoms. The predicted molar refractivity (Wildman–Crippen MR) is 40.8 cm³/mol. The van der Waals surface area contributed by atoms with E-state index in [1.165, 1.54) is 0 Å². The van der Waals surface area contributed by atoms with Crippen molar-refractivity contribution in [1.82, 2.24) is 0 Å². The van der Waals surface area contributed by atoms with E-state index in [0.29, 0.717) is 6.42 Å². The number of carbonyl (C=O) groups is 1. The second kappa shape index (κ2) is 5.75. The normalized spacial score (nSPS) is 13.0. The molecule has 0 saturated carbocycles. The number of aliphatic carboxylic acids is 1. The molecule has 0 aliphatic carbocycles. The van der Waals surface area contributed by atoms with Gasteiger partial charge in [-0.3, -0.25) is 0 Å². The first-order valence-corrected chi connectivity index (χ1v) is 5.00. The molecule has 2 unspecified atom stereocenters. The van der Waals surface area contributed by atoms with Crippen molar-refractivity contribution in [3.63, 3.8) is 0 Å². The van der Waals surface area contributed by atoms with Gasteiger partial charge >= 0.3 is 68.4 Å². The summed E-state index contributed by atoms with van der Waals surface area (Å²) in [6.07, 6.45) is 1.06. The molecule has 10 heavy (non-hydrogen) atoms. The Kier molecular flexibility index (Phi) is 5.74. The third kappa shape index (κ3) is 4.83. The number of hydrogen-bond donors (Lipinski definition) is 2. The first-order valence-electron chi connectivity index (χ1n) is 3.29. The van der Waals surface area contributed by atoms with Gasteiger partial charge in [-0.2, -0.15) is 0 Å². The summed E-state index contributed by atoms with van der Waals surface area (Å²) in [5.41, 5.74) is 0. The van der Waals surface area contributed by atoms with Gasteiger partial charge in [-0.05, 0) is 0 Å². The molecular weight excluding hydrogens is 195 g/mol.